The van der Waals surface area contributed by atoms with Crippen molar-refractivity contribution in [1.82, 2.24) is 20.4 Å². The van der Waals surface area contributed by atoms with Gasteiger partial charge in [0.15, 0.2) is 5.82 Å². The highest BCUT2D eigenvalue weighted by Gasteiger charge is 2.33. The molecule has 0 spiro atoms. The minimum atomic E-state index is 0.263. The molecule has 2 unspecified atom stereocenters. The summed E-state index contributed by atoms with van der Waals surface area (Å²) in [6, 6.07) is 4.10. The topological polar surface area (TPSA) is 63.8 Å². The molecule has 0 saturated carbocycles. The molecule has 1 aliphatic heterocycles. The highest BCUT2D eigenvalue weighted by Crippen LogP contribution is 2.34. The molecule has 5 heteroatoms. The lowest BCUT2D eigenvalue weighted by Crippen LogP contribution is -2.09. The average molecular weight is 230 g/mol. The zero-order valence-corrected chi connectivity index (χ0v) is 9.63. The lowest BCUT2D eigenvalue weighted by molar-refractivity contribution is 0.348. The second-order valence-electron chi connectivity index (χ2n) is 4.33. The molecule has 2 atom stereocenters. The van der Waals surface area contributed by atoms with Crippen molar-refractivity contribution in [2.45, 2.75) is 18.8 Å². The molecule has 88 valence electrons. The van der Waals surface area contributed by atoms with Crippen LogP contribution in [0.25, 0.3) is 0 Å². The Kier molecular flexibility index (Phi) is 2.60. The molecule has 5 nitrogen and oxygen atoms in total. The number of pyridine rings is 1. The fourth-order valence-corrected chi connectivity index (χ4v) is 2.36. The van der Waals surface area contributed by atoms with Gasteiger partial charge in [-0.3, -0.25) is 4.98 Å². The van der Waals surface area contributed by atoms with Gasteiger partial charge < -0.3 is 9.84 Å². The number of aromatic nitrogens is 3. The molecule has 0 bridgehead atoms. The normalized spacial score (nSPS) is 24.1. The van der Waals surface area contributed by atoms with E-state index < -0.39 is 0 Å². The molecule has 3 rings (SSSR count). The summed E-state index contributed by atoms with van der Waals surface area (Å²) in [4.78, 5) is 8.38. The van der Waals surface area contributed by atoms with Gasteiger partial charge in [0.1, 0.15) is 0 Å². The predicted molar refractivity (Wildman–Crippen MR) is 61.6 cm³/mol. The summed E-state index contributed by atoms with van der Waals surface area (Å²) in [5.74, 6) is 2.08. The quantitative estimate of drug-likeness (QED) is 0.841. The van der Waals surface area contributed by atoms with Crippen molar-refractivity contribution in [2.24, 2.45) is 0 Å². The molecule has 0 radical (unpaired) electrons. The highest BCUT2D eigenvalue weighted by molar-refractivity contribution is 5.23. The Labute approximate surface area is 99.3 Å². The largest absolute Gasteiger partial charge is 0.339 e. The minimum absolute atomic E-state index is 0.263. The van der Waals surface area contributed by atoms with E-state index in [0.717, 1.165) is 19.0 Å². The summed E-state index contributed by atoms with van der Waals surface area (Å²) in [5, 5.41) is 7.24. The van der Waals surface area contributed by atoms with Crippen molar-refractivity contribution < 1.29 is 4.52 Å². The Hall–Kier alpha value is -1.75. The zero-order chi connectivity index (χ0) is 11.7. The summed E-state index contributed by atoms with van der Waals surface area (Å²) >= 11 is 0. The molecule has 1 N–H and O–H groups in total. The number of hydrogen-bond donors (Lipinski definition) is 1. The van der Waals surface area contributed by atoms with E-state index in [4.69, 9.17) is 4.52 Å². The molecule has 0 amide bonds. The first-order chi connectivity index (χ1) is 8.34. The molecule has 1 fully saturated rings. The molecule has 17 heavy (non-hydrogen) atoms. The van der Waals surface area contributed by atoms with Gasteiger partial charge >= 0.3 is 0 Å². The third kappa shape index (κ3) is 1.93. The molecule has 0 aliphatic carbocycles. The Balaban J connectivity index is 1.90. The van der Waals surface area contributed by atoms with Gasteiger partial charge in [0, 0.05) is 31.4 Å². The van der Waals surface area contributed by atoms with Gasteiger partial charge in [-0.15, -0.1) is 0 Å². The first kappa shape index (κ1) is 10.4. The van der Waals surface area contributed by atoms with Crippen molar-refractivity contribution in [3.63, 3.8) is 0 Å². The van der Waals surface area contributed by atoms with E-state index in [1.165, 1.54) is 5.56 Å². The van der Waals surface area contributed by atoms with Gasteiger partial charge in [0.25, 0.3) is 0 Å². The van der Waals surface area contributed by atoms with Gasteiger partial charge in [0.05, 0.1) is 5.92 Å². The molecule has 1 aliphatic rings. The maximum atomic E-state index is 5.28. The second-order valence-corrected chi connectivity index (χ2v) is 4.33. The van der Waals surface area contributed by atoms with E-state index in [1.807, 2.05) is 31.5 Å². The number of hydrogen-bond acceptors (Lipinski definition) is 5. The summed E-state index contributed by atoms with van der Waals surface area (Å²) in [6.45, 7) is 3.67. The average Bonchev–Trinajstić information content (AvgIpc) is 2.98. The molecular weight excluding hydrogens is 216 g/mol. The van der Waals surface area contributed by atoms with Gasteiger partial charge in [-0.25, -0.2) is 0 Å². The van der Waals surface area contributed by atoms with Gasteiger partial charge in [0.2, 0.25) is 5.89 Å². The van der Waals surface area contributed by atoms with Crippen molar-refractivity contribution >= 4 is 0 Å². The molecule has 0 aromatic carbocycles. The third-order valence-electron chi connectivity index (χ3n) is 3.21. The molecule has 2 aromatic rings. The van der Waals surface area contributed by atoms with E-state index in [9.17, 15) is 0 Å². The highest BCUT2D eigenvalue weighted by atomic mass is 16.5. The van der Waals surface area contributed by atoms with Crippen LogP contribution in [0.3, 0.4) is 0 Å². The Morgan fingerprint density at radius 1 is 1.24 bits per heavy atom. The molecule has 2 aromatic heterocycles. The van der Waals surface area contributed by atoms with Crippen molar-refractivity contribution in [1.29, 1.82) is 0 Å². The first-order valence-corrected chi connectivity index (χ1v) is 5.75. The van der Waals surface area contributed by atoms with Crippen LogP contribution in [0.5, 0.6) is 0 Å². The number of aryl methyl sites for hydroxylation is 1. The van der Waals surface area contributed by atoms with Crippen LogP contribution in [0.15, 0.2) is 29.0 Å². The van der Waals surface area contributed by atoms with Crippen LogP contribution in [0.4, 0.5) is 0 Å². The van der Waals surface area contributed by atoms with Crippen LogP contribution in [0.2, 0.25) is 0 Å². The van der Waals surface area contributed by atoms with Crippen LogP contribution >= 0.6 is 0 Å². The maximum Gasteiger partial charge on any atom is 0.231 e. The maximum absolute atomic E-state index is 5.28. The van der Waals surface area contributed by atoms with Crippen molar-refractivity contribution in [2.75, 3.05) is 13.1 Å². The van der Waals surface area contributed by atoms with Crippen molar-refractivity contribution in [3.05, 3.63) is 41.8 Å². The van der Waals surface area contributed by atoms with Crippen LogP contribution in [-0.4, -0.2) is 28.2 Å². The van der Waals surface area contributed by atoms with E-state index in [1.54, 1.807) is 0 Å². The zero-order valence-electron chi connectivity index (χ0n) is 9.63. The predicted octanol–water partition coefficient (Wildman–Crippen LogP) is 1.24. The molecule has 3 heterocycles. The van der Waals surface area contributed by atoms with Crippen LogP contribution in [-0.2, 0) is 0 Å². The first-order valence-electron chi connectivity index (χ1n) is 5.75. The van der Waals surface area contributed by atoms with Gasteiger partial charge in [-0.05, 0) is 24.6 Å². The number of rotatable bonds is 2. The fraction of sp³-hybridized carbons (Fsp3) is 0.417. The number of nitrogens with zero attached hydrogens (tertiary/aromatic N) is 3. The Bertz CT molecular complexity index is 496. The summed E-state index contributed by atoms with van der Waals surface area (Å²) in [6.07, 6.45) is 3.65. The van der Waals surface area contributed by atoms with E-state index in [-0.39, 0.29) is 5.92 Å². The van der Waals surface area contributed by atoms with Gasteiger partial charge in [-0.1, -0.05) is 5.16 Å². The smallest absolute Gasteiger partial charge is 0.231 e. The van der Waals surface area contributed by atoms with Crippen LogP contribution < -0.4 is 5.32 Å². The summed E-state index contributed by atoms with van der Waals surface area (Å²) in [7, 11) is 0. The van der Waals surface area contributed by atoms with Gasteiger partial charge in [-0.2, -0.15) is 4.98 Å². The van der Waals surface area contributed by atoms with E-state index >= 15 is 0 Å². The van der Waals surface area contributed by atoms with E-state index in [0.29, 0.717) is 11.7 Å². The fourth-order valence-electron chi connectivity index (χ4n) is 2.36. The molecular formula is C12H14N4O. The lowest BCUT2D eigenvalue weighted by atomic mass is 9.89. The summed E-state index contributed by atoms with van der Waals surface area (Å²) in [5.41, 5.74) is 1.27. The Morgan fingerprint density at radius 3 is 2.71 bits per heavy atom. The SMILES string of the molecule is Cc1noc(C2CNCC2c2ccncc2)n1. The number of nitrogens with one attached hydrogen (secondary N) is 1. The standard InChI is InChI=1S/C12H14N4O/c1-8-15-12(17-16-8)11-7-14-6-10(11)9-2-4-13-5-3-9/h2-5,10-11,14H,6-7H2,1H3. The monoisotopic (exact) mass is 230 g/mol. The Morgan fingerprint density at radius 2 is 2.00 bits per heavy atom. The second kappa shape index (κ2) is 4.25. The minimum Gasteiger partial charge on any atom is -0.339 e. The molecule has 1 saturated heterocycles. The lowest BCUT2D eigenvalue weighted by Gasteiger charge is -2.14. The van der Waals surface area contributed by atoms with Crippen LogP contribution in [0.1, 0.15) is 29.1 Å². The van der Waals surface area contributed by atoms with E-state index in [2.05, 4.69) is 20.4 Å². The third-order valence-corrected chi connectivity index (χ3v) is 3.21. The van der Waals surface area contributed by atoms with Crippen LogP contribution in [0, 0.1) is 6.92 Å². The summed E-state index contributed by atoms with van der Waals surface area (Å²) < 4.78 is 5.28. The van der Waals surface area contributed by atoms with Crippen molar-refractivity contribution in [3.8, 4) is 0 Å².